The molecular formula is C23H32N6O. The molecular weight excluding hydrogens is 376 g/mol. The van der Waals surface area contributed by atoms with Gasteiger partial charge < -0.3 is 15.5 Å². The first kappa shape index (κ1) is 20.8. The minimum absolute atomic E-state index is 0.143. The number of aryl methyl sites for hydroxylation is 1. The van der Waals surface area contributed by atoms with Gasteiger partial charge in [-0.1, -0.05) is 18.2 Å². The Hall–Kier alpha value is -2.51. The summed E-state index contributed by atoms with van der Waals surface area (Å²) in [7, 11) is 3.87. The van der Waals surface area contributed by atoms with Gasteiger partial charge in [-0.25, -0.2) is 9.97 Å². The van der Waals surface area contributed by atoms with Crippen molar-refractivity contribution >= 4 is 17.4 Å². The third-order valence-electron chi connectivity index (χ3n) is 5.96. The number of amides is 1. The van der Waals surface area contributed by atoms with Crippen LogP contribution in [-0.2, 0) is 17.8 Å². The van der Waals surface area contributed by atoms with Crippen LogP contribution in [0.15, 0.2) is 30.3 Å². The van der Waals surface area contributed by atoms with Gasteiger partial charge in [-0.15, -0.1) is 0 Å². The third kappa shape index (κ3) is 4.79. The maximum absolute atomic E-state index is 13.0. The van der Waals surface area contributed by atoms with Crippen molar-refractivity contribution in [1.82, 2.24) is 20.2 Å². The van der Waals surface area contributed by atoms with Gasteiger partial charge in [0.2, 0.25) is 5.91 Å². The highest BCUT2D eigenvalue weighted by Gasteiger charge is 2.24. The molecule has 4 rings (SSSR count). The van der Waals surface area contributed by atoms with Gasteiger partial charge in [0.1, 0.15) is 11.6 Å². The quantitative estimate of drug-likeness (QED) is 0.765. The molecule has 0 radical (unpaired) electrons. The van der Waals surface area contributed by atoms with Crippen LogP contribution in [0.4, 0.5) is 11.5 Å². The van der Waals surface area contributed by atoms with Crippen LogP contribution in [0.1, 0.15) is 42.3 Å². The van der Waals surface area contributed by atoms with Crippen molar-refractivity contribution in [1.29, 1.82) is 0 Å². The molecule has 7 nitrogen and oxygen atoms in total. The van der Waals surface area contributed by atoms with E-state index >= 15 is 0 Å². The number of nitrogens with one attached hydrogen (secondary N) is 2. The highest BCUT2D eigenvalue weighted by molar-refractivity contribution is 5.95. The number of para-hydroxylation sites is 1. The molecule has 2 aliphatic heterocycles. The maximum atomic E-state index is 13.0. The molecule has 0 unspecified atom stereocenters. The first-order valence-corrected chi connectivity index (χ1v) is 11.0. The van der Waals surface area contributed by atoms with E-state index in [0.717, 1.165) is 68.3 Å². The van der Waals surface area contributed by atoms with Crippen molar-refractivity contribution in [3.8, 4) is 0 Å². The molecule has 3 heterocycles. The van der Waals surface area contributed by atoms with Gasteiger partial charge >= 0.3 is 0 Å². The Morgan fingerprint density at radius 2 is 2.17 bits per heavy atom. The fraction of sp³-hybridized carbons (Fsp3) is 0.522. The summed E-state index contributed by atoms with van der Waals surface area (Å²) in [5.74, 6) is 2.23. The summed E-state index contributed by atoms with van der Waals surface area (Å²) in [5.41, 5.74) is 3.28. The van der Waals surface area contributed by atoms with E-state index in [1.807, 2.05) is 42.1 Å². The Bertz CT molecular complexity index is 880. The van der Waals surface area contributed by atoms with Crippen molar-refractivity contribution in [2.24, 2.45) is 0 Å². The van der Waals surface area contributed by atoms with Crippen LogP contribution in [0.25, 0.3) is 0 Å². The second-order valence-electron chi connectivity index (χ2n) is 8.35. The molecule has 1 saturated heterocycles. The Labute approximate surface area is 178 Å². The normalized spacial score (nSPS) is 18.9. The second-order valence-corrected chi connectivity index (χ2v) is 8.35. The van der Waals surface area contributed by atoms with Gasteiger partial charge in [0.15, 0.2) is 0 Å². The van der Waals surface area contributed by atoms with E-state index in [-0.39, 0.29) is 5.91 Å². The lowest BCUT2D eigenvalue weighted by atomic mass is 9.99. The molecule has 0 aliphatic carbocycles. The van der Waals surface area contributed by atoms with Gasteiger partial charge in [0.05, 0.1) is 12.2 Å². The van der Waals surface area contributed by atoms with Crippen LogP contribution in [-0.4, -0.2) is 61.0 Å². The Morgan fingerprint density at radius 3 is 2.97 bits per heavy atom. The summed E-state index contributed by atoms with van der Waals surface area (Å²) in [6.07, 6.45) is 4.33. The molecule has 2 N–H and O–H groups in total. The number of piperidine rings is 1. The van der Waals surface area contributed by atoms with Crippen molar-refractivity contribution < 1.29 is 4.79 Å². The van der Waals surface area contributed by atoms with E-state index in [9.17, 15) is 4.79 Å². The summed E-state index contributed by atoms with van der Waals surface area (Å²) in [5, 5.41) is 6.60. The van der Waals surface area contributed by atoms with Crippen LogP contribution in [0.3, 0.4) is 0 Å². The van der Waals surface area contributed by atoms with Crippen molar-refractivity contribution in [3.63, 3.8) is 0 Å². The van der Waals surface area contributed by atoms with E-state index in [1.165, 1.54) is 5.56 Å². The molecule has 1 aromatic heterocycles. The van der Waals surface area contributed by atoms with E-state index in [0.29, 0.717) is 19.0 Å². The van der Waals surface area contributed by atoms with Crippen LogP contribution >= 0.6 is 0 Å². The number of hydrogen-bond donors (Lipinski definition) is 2. The molecule has 0 saturated carbocycles. The highest BCUT2D eigenvalue weighted by atomic mass is 16.2. The molecule has 2 aliphatic rings. The number of carbonyl (C=O) groups excluding carboxylic acids is 1. The number of fused-ring (bicyclic) bond motifs is 1. The summed E-state index contributed by atoms with van der Waals surface area (Å²) >= 11 is 0. The molecule has 0 spiro atoms. The highest BCUT2D eigenvalue weighted by Crippen LogP contribution is 2.27. The van der Waals surface area contributed by atoms with Crippen LogP contribution in [0, 0.1) is 0 Å². The number of nitrogens with zero attached hydrogens (tertiary/aromatic N) is 4. The first-order valence-electron chi connectivity index (χ1n) is 11.0. The SMILES string of the molecule is CNc1cc(CN(C)CC(=O)N2CCCc3ccccc32)nc([C@@H]2CCCNC2)n1. The van der Waals surface area contributed by atoms with Crippen LogP contribution in [0.2, 0.25) is 0 Å². The van der Waals surface area contributed by atoms with E-state index in [4.69, 9.17) is 4.98 Å². The monoisotopic (exact) mass is 408 g/mol. The van der Waals surface area contributed by atoms with Gasteiger partial charge in [-0.05, 0) is 50.9 Å². The molecule has 0 bridgehead atoms. The number of aromatic nitrogens is 2. The van der Waals surface area contributed by atoms with Gasteiger partial charge in [0.25, 0.3) is 0 Å². The van der Waals surface area contributed by atoms with Gasteiger partial charge in [0, 0.05) is 44.4 Å². The zero-order valence-electron chi connectivity index (χ0n) is 18.0. The summed E-state index contributed by atoms with van der Waals surface area (Å²) in [6.45, 7) is 3.77. The smallest absolute Gasteiger partial charge is 0.241 e. The lowest BCUT2D eigenvalue weighted by molar-refractivity contribution is -0.119. The van der Waals surface area contributed by atoms with Crippen molar-refractivity contribution in [2.45, 2.75) is 38.1 Å². The first-order chi connectivity index (χ1) is 14.6. The fourth-order valence-corrected chi connectivity index (χ4v) is 4.42. The predicted molar refractivity (Wildman–Crippen MR) is 120 cm³/mol. The fourth-order valence-electron chi connectivity index (χ4n) is 4.42. The number of anilines is 2. The van der Waals surface area contributed by atoms with Crippen molar-refractivity contribution in [3.05, 3.63) is 47.4 Å². The molecule has 7 heteroatoms. The standard InChI is InChI=1S/C23H32N6O/c1-24-21-13-19(26-23(27-21)18-8-5-11-25-14-18)15-28(2)16-22(30)29-12-6-9-17-7-3-4-10-20(17)29/h3-4,7,10,13,18,25H,5-6,8-9,11-12,14-16H2,1-2H3,(H,24,26,27)/t18-/m1/s1. The molecule has 1 amide bonds. The maximum Gasteiger partial charge on any atom is 0.241 e. The number of benzene rings is 1. The average molecular weight is 409 g/mol. The summed E-state index contributed by atoms with van der Waals surface area (Å²) < 4.78 is 0. The van der Waals surface area contributed by atoms with Crippen LogP contribution in [0.5, 0.6) is 0 Å². The van der Waals surface area contributed by atoms with E-state index in [1.54, 1.807) is 0 Å². The number of hydrogen-bond acceptors (Lipinski definition) is 6. The number of likely N-dealkylation sites (N-methyl/N-ethyl adjacent to an activating group) is 1. The van der Waals surface area contributed by atoms with Gasteiger partial charge in [-0.3, -0.25) is 9.69 Å². The Balaban J connectivity index is 1.44. The molecule has 160 valence electrons. The topological polar surface area (TPSA) is 73.4 Å². The van der Waals surface area contributed by atoms with E-state index < -0.39 is 0 Å². The van der Waals surface area contributed by atoms with Crippen LogP contribution < -0.4 is 15.5 Å². The minimum atomic E-state index is 0.143. The Kier molecular flexibility index (Phi) is 6.59. The largest absolute Gasteiger partial charge is 0.373 e. The third-order valence-corrected chi connectivity index (χ3v) is 5.96. The second kappa shape index (κ2) is 9.53. The lowest BCUT2D eigenvalue weighted by Gasteiger charge is -2.31. The summed E-state index contributed by atoms with van der Waals surface area (Å²) in [6, 6.07) is 10.2. The lowest BCUT2D eigenvalue weighted by Crippen LogP contribution is -2.41. The predicted octanol–water partition coefficient (Wildman–Crippen LogP) is 2.40. The number of carbonyl (C=O) groups is 1. The minimum Gasteiger partial charge on any atom is -0.373 e. The average Bonchev–Trinajstić information content (AvgIpc) is 2.78. The zero-order chi connectivity index (χ0) is 20.9. The number of rotatable bonds is 6. The Morgan fingerprint density at radius 1 is 1.30 bits per heavy atom. The zero-order valence-corrected chi connectivity index (χ0v) is 18.0. The van der Waals surface area contributed by atoms with Gasteiger partial charge in [-0.2, -0.15) is 0 Å². The molecule has 2 aromatic rings. The van der Waals surface area contributed by atoms with Crippen molar-refractivity contribution in [2.75, 3.05) is 50.5 Å². The molecule has 1 fully saturated rings. The molecule has 1 aromatic carbocycles. The van der Waals surface area contributed by atoms with E-state index in [2.05, 4.69) is 27.8 Å². The summed E-state index contributed by atoms with van der Waals surface area (Å²) in [4.78, 5) is 26.5. The molecule has 30 heavy (non-hydrogen) atoms. The molecule has 1 atom stereocenters.